The van der Waals surface area contributed by atoms with E-state index >= 15 is 0 Å². The Balaban J connectivity index is 1.21. The van der Waals surface area contributed by atoms with E-state index in [1.54, 1.807) is 6.20 Å². The molecule has 0 aromatic carbocycles. The molecular formula is C20H26N6O. The summed E-state index contributed by atoms with van der Waals surface area (Å²) >= 11 is 0. The Bertz CT molecular complexity index is 826. The Labute approximate surface area is 159 Å². The van der Waals surface area contributed by atoms with Crippen molar-refractivity contribution < 1.29 is 4.74 Å². The van der Waals surface area contributed by atoms with Gasteiger partial charge >= 0.3 is 0 Å². The predicted molar refractivity (Wildman–Crippen MR) is 103 cm³/mol. The van der Waals surface area contributed by atoms with Gasteiger partial charge in [-0.2, -0.15) is 0 Å². The number of rotatable bonds is 3. The summed E-state index contributed by atoms with van der Waals surface area (Å²) in [6.45, 7) is 4.81. The first kappa shape index (κ1) is 16.7. The standard InChI is InChI=1S/C20H26N6O/c1-13-22-7-8-26(13)19-6-3-14(9-23-19)10-24-20(21-2)25-11-15-16(12-25)18-5-4-17(15)27-18/h3,6-9,15-18H,4-5,10-12H2,1-2H3,(H,21,24). The maximum atomic E-state index is 6.08. The second kappa shape index (κ2) is 6.64. The van der Waals surface area contributed by atoms with E-state index in [9.17, 15) is 0 Å². The third-order valence-corrected chi connectivity index (χ3v) is 6.30. The number of aryl methyl sites for hydroxylation is 1. The normalized spacial score (nSPS) is 29.4. The molecule has 2 aromatic heterocycles. The monoisotopic (exact) mass is 366 g/mol. The molecule has 4 unspecified atom stereocenters. The fourth-order valence-corrected chi connectivity index (χ4v) is 4.93. The van der Waals surface area contributed by atoms with Gasteiger partial charge in [0.2, 0.25) is 0 Å². The number of guanidine groups is 1. The van der Waals surface area contributed by atoms with Gasteiger partial charge in [-0.15, -0.1) is 0 Å². The van der Waals surface area contributed by atoms with Crippen LogP contribution in [-0.2, 0) is 11.3 Å². The first-order valence-electron chi connectivity index (χ1n) is 9.79. The smallest absolute Gasteiger partial charge is 0.193 e. The lowest BCUT2D eigenvalue weighted by Gasteiger charge is -2.23. The average Bonchev–Trinajstić information content (AvgIpc) is 3.45. The lowest BCUT2D eigenvalue weighted by atomic mass is 9.82. The lowest BCUT2D eigenvalue weighted by molar-refractivity contribution is 0.0767. The molecule has 3 aliphatic rings. The highest BCUT2D eigenvalue weighted by molar-refractivity contribution is 5.80. The van der Waals surface area contributed by atoms with E-state index in [2.05, 4.69) is 31.2 Å². The molecule has 0 radical (unpaired) electrons. The van der Waals surface area contributed by atoms with Crippen molar-refractivity contribution in [1.82, 2.24) is 24.8 Å². The highest BCUT2D eigenvalue weighted by atomic mass is 16.5. The number of likely N-dealkylation sites (tertiary alicyclic amines) is 1. The van der Waals surface area contributed by atoms with Gasteiger partial charge in [-0.25, -0.2) is 9.97 Å². The summed E-state index contributed by atoms with van der Waals surface area (Å²) in [5.41, 5.74) is 1.14. The second-order valence-electron chi connectivity index (χ2n) is 7.79. The van der Waals surface area contributed by atoms with Gasteiger partial charge in [0.1, 0.15) is 11.6 Å². The van der Waals surface area contributed by atoms with Crippen LogP contribution in [0.2, 0.25) is 0 Å². The zero-order valence-electron chi connectivity index (χ0n) is 15.9. The van der Waals surface area contributed by atoms with Crippen LogP contribution in [-0.4, -0.2) is 57.7 Å². The summed E-state index contributed by atoms with van der Waals surface area (Å²) in [6.07, 6.45) is 9.07. The van der Waals surface area contributed by atoms with Crippen molar-refractivity contribution in [2.45, 2.75) is 38.5 Å². The molecule has 5 heterocycles. The summed E-state index contributed by atoms with van der Waals surface area (Å²) in [6, 6.07) is 4.14. The summed E-state index contributed by atoms with van der Waals surface area (Å²) in [5, 5.41) is 3.51. The van der Waals surface area contributed by atoms with Gasteiger partial charge in [0.25, 0.3) is 0 Å². The number of hydrogen-bond donors (Lipinski definition) is 1. The molecular weight excluding hydrogens is 340 g/mol. The van der Waals surface area contributed by atoms with Gasteiger partial charge in [-0.3, -0.25) is 9.56 Å². The quantitative estimate of drug-likeness (QED) is 0.662. The molecule has 3 fully saturated rings. The molecule has 7 heteroatoms. The third-order valence-electron chi connectivity index (χ3n) is 6.30. The second-order valence-corrected chi connectivity index (χ2v) is 7.79. The van der Waals surface area contributed by atoms with Crippen LogP contribution < -0.4 is 5.32 Å². The summed E-state index contributed by atoms with van der Waals surface area (Å²) < 4.78 is 8.06. The Morgan fingerprint density at radius 1 is 1.22 bits per heavy atom. The molecule has 3 saturated heterocycles. The van der Waals surface area contributed by atoms with Gasteiger partial charge in [0, 0.05) is 57.1 Å². The van der Waals surface area contributed by atoms with Crippen molar-refractivity contribution >= 4 is 5.96 Å². The summed E-state index contributed by atoms with van der Waals surface area (Å²) in [5.74, 6) is 4.17. The number of nitrogens with one attached hydrogen (secondary N) is 1. The molecule has 4 atom stereocenters. The first-order valence-corrected chi connectivity index (χ1v) is 9.79. The maximum absolute atomic E-state index is 6.08. The molecule has 0 amide bonds. The van der Waals surface area contributed by atoms with Crippen molar-refractivity contribution in [2.24, 2.45) is 16.8 Å². The maximum Gasteiger partial charge on any atom is 0.193 e. The minimum atomic E-state index is 0.478. The molecule has 0 aliphatic carbocycles. The molecule has 2 bridgehead atoms. The number of aromatic nitrogens is 3. The van der Waals surface area contributed by atoms with E-state index in [-0.39, 0.29) is 0 Å². The van der Waals surface area contributed by atoms with Crippen LogP contribution in [0, 0.1) is 18.8 Å². The molecule has 5 rings (SSSR count). The van der Waals surface area contributed by atoms with E-state index in [1.165, 1.54) is 12.8 Å². The number of nitrogens with zero attached hydrogens (tertiary/aromatic N) is 5. The van der Waals surface area contributed by atoms with Gasteiger partial charge in [0.15, 0.2) is 5.96 Å². The van der Waals surface area contributed by atoms with Crippen LogP contribution in [0.15, 0.2) is 35.7 Å². The largest absolute Gasteiger partial charge is 0.374 e. The molecule has 1 N–H and O–H groups in total. The highest BCUT2D eigenvalue weighted by Gasteiger charge is 2.53. The number of imidazole rings is 1. The predicted octanol–water partition coefficient (Wildman–Crippen LogP) is 1.76. The van der Waals surface area contributed by atoms with Crippen LogP contribution in [0.1, 0.15) is 24.2 Å². The molecule has 2 aromatic rings. The minimum Gasteiger partial charge on any atom is -0.374 e. The van der Waals surface area contributed by atoms with Crippen molar-refractivity contribution in [3.63, 3.8) is 0 Å². The van der Waals surface area contributed by atoms with Crippen LogP contribution in [0.3, 0.4) is 0 Å². The van der Waals surface area contributed by atoms with Gasteiger partial charge in [0.05, 0.1) is 12.2 Å². The van der Waals surface area contributed by atoms with Gasteiger partial charge < -0.3 is 15.0 Å². The Kier molecular flexibility index (Phi) is 4.11. The molecule has 7 nitrogen and oxygen atoms in total. The number of aliphatic imine (C=N–C) groups is 1. The van der Waals surface area contributed by atoms with Crippen molar-refractivity contribution in [3.05, 3.63) is 42.1 Å². The number of pyridine rings is 1. The fraction of sp³-hybridized carbons (Fsp3) is 0.550. The van der Waals surface area contributed by atoms with Crippen LogP contribution in [0.4, 0.5) is 0 Å². The average molecular weight is 366 g/mol. The number of ether oxygens (including phenoxy) is 1. The van der Waals surface area contributed by atoms with Gasteiger partial charge in [-0.1, -0.05) is 6.07 Å². The van der Waals surface area contributed by atoms with Gasteiger partial charge in [-0.05, 0) is 31.4 Å². The molecule has 142 valence electrons. The van der Waals surface area contributed by atoms with Crippen molar-refractivity contribution in [2.75, 3.05) is 20.1 Å². The molecule has 3 aliphatic heterocycles. The van der Waals surface area contributed by atoms with E-state index in [1.807, 2.05) is 37.0 Å². The van der Waals surface area contributed by atoms with Crippen molar-refractivity contribution in [1.29, 1.82) is 0 Å². The third kappa shape index (κ3) is 2.90. The zero-order valence-corrected chi connectivity index (χ0v) is 15.9. The lowest BCUT2D eigenvalue weighted by Crippen LogP contribution is -2.41. The minimum absolute atomic E-state index is 0.478. The zero-order chi connectivity index (χ0) is 18.4. The molecule has 0 spiro atoms. The van der Waals surface area contributed by atoms with Crippen LogP contribution in [0.5, 0.6) is 0 Å². The number of fused-ring (bicyclic) bond motifs is 5. The van der Waals surface area contributed by atoms with Crippen LogP contribution in [0.25, 0.3) is 5.82 Å². The van der Waals surface area contributed by atoms with E-state index in [0.29, 0.717) is 24.0 Å². The Hall–Kier alpha value is -2.41. The van der Waals surface area contributed by atoms with E-state index in [4.69, 9.17) is 4.74 Å². The van der Waals surface area contributed by atoms with E-state index in [0.717, 1.165) is 42.8 Å². The Morgan fingerprint density at radius 3 is 2.59 bits per heavy atom. The van der Waals surface area contributed by atoms with Crippen LogP contribution >= 0.6 is 0 Å². The first-order chi connectivity index (χ1) is 13.2. The highest BCUT2D eigenvalue weighted by Crippen LogP contribution is 2.47. The Morgan fingerprint density at radius 2 is 2.00 bits per heavy atom. The fourth-order valence-electron chi connectivity index (χ4n) is 4.93. The topological polar surface area (TPSA) is 67.6 Å². The SMILES string of the molecule is CN=C(NCc1ccc(-n2ccnc2C)nc1)N1CC2C3CCC(O3)C2C1. The van der Waals surface area contributed by atoms with Crippen molar-refractivity contribution in [3.8, 4) is 5.82 Å². The molecule has 0 saturated carbocycles. The summed E-state index contributed by atoms with van der Waals surface area (Å²) in [7, 11) is 1.87. The number of hydrogen-bond acceptors (Lipinski definition) is 4. The van der Waals surface area contributed by atoms with E-state index < -0.39 is 0 Å². The summed E-state index contributed by atoms with van der Waals surface area (Å²) in [4.78, 5) is 15.7. The molecule has 27 heavy (non-hydrogen) atoms.